The van der Waals surface area contributed by atoms with Gasteiger partial charge in [0.25, 0.3) is 5.82 Å². The lowest BCUT2D eigenvalue weighted by Crippen LogP contribution is -2.31. The highest BCUT2D eigenvalue weighted by molar-refractivity contribution is 6.42. The van der Waals surface area contributed by atoms with Crippen LogP contribution in [0.5, 0.6) is 11.5 Å². The Balaban J connectivity index is 1.55. The fourth-order valence-electron chi connectivity index (χ4n) is 4.72. The number of amides is 1. The normalized spacial score (nSPS) is 11.3. The third-order valence-corrected chi connectivity index (χ3v) is 7.61. The van der Waals surface area contributed by atoms with E-state index in [1.165, 1.54) is 0 Å². The van der Waals surface area contributed by atoms with E-state index in [4.69, 9.17) is 38.4 Å². The molecule has 0 aliphatic heterocycles. The van der Waals surface area contributed by atoms with Crippen molar-refractivity contribution in [2.24, 2.45) is 12.8 Å². The third-order valence-electron chi connectivity index (χ3n) is 6.89. The Hall–Kier alpha value is -3.52. The Morgan fingerprint density at radius 3 is 2.54 bits per heavy atom. The lowest BCUT2D eigenvalue weighted by molar-refractivity contribution is -0.647. The largest absolute Gasteiger partial charge is 0.493 e. The maximum absolute atomic E-state index is 11.9. The maximum atomic E-state index is 11.9. The van der Waals surface area contributed by atoms with Gasteiger partial charge in [0.05, 0.1) is 30.7 Å². The molecule has 0 radical (unpaired) electrons. The van der Waals surface area contributed by atoms with Crippen molar-refractivity contribution in [3.8, 4) is 11.5 Å². The Morgan fingerprint density at radius 1 is 1.00 bits per heavy atom. The Morgan fingerprint density at radius 2 is 1.78 bits per heavy atom. The van der Waals surface area contributed by atoms with Crippen LogP contribution in [0.25, 0.3) is 23.2 Å². The fraction of sp³-hybridized carbons (Fsp3) is 0.312. The summed E-state index contributed by atoms with van der Waals surface area (Å²) in [5.74, 6) is 2.41. The number of nitrogens with zero attached hydrogens (tertiary/aromatic N) is 2. The van der Waals surface area contributed by atoms with E-state index < -0.39 is 0 Å². The summed E-state index contributed by atoms with van der Waals surface area (Å²) in [5.41, 5.74) is 9.51. The van der Waals surface area contributed by atoms with Gasteiger partial charge in [0.15, 0.2) is 22.5 Å². The highest BCUT2D eigenvalue weighted by Gasteiger charge is 2.22. The number of nitrogens with two attached hydrogens (primary N) is 1. The van der Waals surface area contributed by atoms with Gasteiger partial charge in [0.1, 0.15) is 6.61 Å². The minimum atomic E-state index is 0.0462. The van der Waals surface area contributed by atoms with E-state index in [2.05, 4.69) is 26.6 Å². The number of rotatable bonds is 14. The fourth-order valence-corrected chi connectivity index (χ4v) is 5.04. The van der Waals surface area contributed by atoms with Crippen LogP contribution in [0.15, 0.2) is 60.7 Å². The number of carbonyl (C=O) groups is 1. The van der Waals surface area contributed by atoms with Gasteiger partial charge in [-0.1, -0.05) is 59.6 Å². The zero-order valence-electron chi connectivity index (χ0n) is 23.5. The van der Waals surface area contributed by atoms with Crippen LogP contribution in [0, 0.1) is 0 Å². The molecule has 0 saturated heterocycles. The summed E-state index contributed by atoms with van der Waals surface area (Å²) in [6.07, 6.45) is 7.30. The van der Waals surface area contributed by atoms with E-state index in [0.29, 0.717) is 47.7 Å². The lowest BCUT2D eigenvalue weighted by Gasteiger charge is -2.11. The van der Waals surface area contributed by atoms with Crippen LogP contribution in [0.3, 0.4) is 0 Å². The molecular weight excluding hydrogens is 559 g/mol. The van der Waals surface area contributed by atoms with Gasteiger partial charge >= 0.3 is 0 Å². The molecule has 1 aromatic heterocycles. The first-order chi connectivity index (χ1) is 19.9. The maximum Gasteiger partial charge on any atom is 0.282 e. The molecule has 7 nitrogen and oxygen atoms in total. The van der Waals surface area contributed by atoms with E-state index in [1.54, 1.807) is 7.11 Å². The summed E-state index contributed by atoms with van der Waals surface area (Å²) < 4.78 is 16.0. The van der Waals surface area contributed by atoms with Crippen LogP contribution in [0.4, 0.5) is 0 Å². The van der Waals surface area contributed by atoms with Crippen LogP contribution in [0.1, 0.15) is 42.6 Å². The summed E-state index contributed by atoms with van der Waals surface area (Å²) in [7, 11) is 3.66. The topological polar surface area (TPSA) is 82.4 Å². The number of halogens is 2. The Bertz CT molecular complexity index is 1500. The van der Waals surface area contributed by atoms with Gasteiger partial charge in [-0.25, -0.2) is 9.13 Å². The molecule has 0 spiro atoms. The molecule has 1 heterocycles. The molecule has 0 aliphatic carbocycles. The zero-order valence-corrected chi connectivity index (χ0v) is 25.0. The molecule has 216 valence electrons. The second-order valence-electron chi connectivity index (χ2n) is 9.79. The number of nitrogens with one attached hydrogen (secondary N) is 1. The molecule has 0 atom stereocenters. The van der Waals surface area contributed by atoms with Crippen LogP contribution in [-0.2, 0) is 25.0 Å². The Kier molecular flexibility index (Phi) is 11.1. The minimum Gasteiger partial charge on any atom is -0.493 e. The van der Waals surface area contributed by atoms with Gasteiger partial charge in [0.2, 0.25) is 5.91 Å². The van der Waals surface area contributed by atoms with Crippen LogP contribution in [0.2, 0.25) is 10.0 Å². The zero-order chi connectivity index (χ0) is 29.2. The lowest BCUT2D eigenvalue weighted by atomic mass is 10.1. The first-order valence-corrected chi connectivity index (χ1v) is 14.5. The summed E-state index contributed by atoms with van der Waals surface area (Å²) in [5, 5.41) is 3.85. The summed E-state index contributed by atoms with van der Waals surface area (Å²) >= 11 is 12.8. The molecular formula is C32H37Cl2N4O3+. The van der Waals surface area contributed by atoms with E-state index in [1.807, 2.05) is 67.7 Å². The van der Waals surface area contributed by atoms with Crippen molar-refractivity contribution in [3.05, 3.63) is 87.7 Å². The average Bonchev–Trinajstić information content (AvgIpc) is 3.23. The minimum absolute atomic E-state index is 0.0462. The van der Waals surface area contributed by atoms with Crippen molar-refractivity contribution in [1.82, 2.24) is 9.88 Å². The van der Waals surface area contributed by atoms with Crippen molar-refractivity contribution in [2.75, 3.05) is 20.2 Å². The van der Waals surface area contributed by atoms with E-state index in [9.17, 15) is 4.79 Å². The highest BCUT2D eigenvalue weighted by Crippen LogP contribution is 2.31. The highest BCUT2D eigenvalue weighted by atomic mass is 35.5. The van der Waals surface area contributed by atoms with Gasteiger partial charge in [0, 0.05) is 37.7 Å². The number of aromatic nitrogens is 2. The van der Waals surface area contributed by atoms with Crippen molar-refractivity contribution in [3.63, 3.8) is 0 Å². The number of unbranched alkanes of at least 4 members (excludes halogenated alkanes) is 2. The van der Waals surface area contributed by atoms with E-state index in [-0.39, 0.29) is 5.91 Å². The van der Waals surface area contributed by atoms with Gasteiger partial charge in [-0.05, 0) is 48.6 Å². The van der Waals surface area contributed by atoms with E-state index >= 15 is 0 Å². The van der Waals surface area contributed by atoms with Crippen LogP contribution in [-0.4, -0.2) is 30.7 Å². The second-order valence-corrected chi connectivity index (χ2v) is 10.6. The molecule has 0 bridgehead atoms. The standard InChI is InChI=1S/C32H36Cl2N4O3/c1-37-27-20-25(33)26(34)21-28(27)38(18-8-4-7-11-31(39)36-17-16-35)32(37)15-13-23-12-14-29(40-2)30(19-23)41-22-24-9-5-3-6-10-24/h3,5-6,9-10,12-15,19-21H,4,7-8,11,16-18,22,35H2,1-2H3/p+1/b15-13+. The first-order valence-electron chi connectivity index (χ1n) is 13.8. The quantitative estimate of drug-likeness (QED) is 0.135. The smallest absolute Gasteiger partial charge is 0.282 e. The first kappa shape index (κ1) is 30.4. The average molecular weight is 597 g/mol. The molecule has 0 aliphatic rings. The molecule has 1 amide bonds. The predicted octanol–water partition coefficient (Wildman–Crippen LogP) is 6.17. The van der Waals surface area contributed by atoms with E-state index in [0.717, 1.165) is 53.8 Å². The molecule has 3 aromatic carbocycles. The van der Waals surface area contributed by atoms with Crippen molar-refractivity contribution in [2.45, 2.75) is 38.8 Å². The molecule has 3 N–H and O–H groups in total. The predicted molar refractivity (Wildman–Crippen MR) is 166 cm³/mol. The van der Waals surface area contributed by atoms with Crippen LogP contribution < -0.4 is 25.1 Å². The number of aryl methyl sites for hydroxylation is 2. The van der Waals surface area contributed by atoms with Crippen molar-refractivity contribution in [1.29, 1.82) is 0 Å². The Labute approximate surface area is 251 Å². The van der Waals surface area contributed by atoms with Crippen molar-refractivity contribution < 1.29 is 18.8 Å². The molecule has 4 rings (SSSR count). The number of methoxy groups -OCH3 is 1. The SMILES string of the molecule is COc1ccc(/C=C/c2n(CCCCCC(=O)NCCN)c3cc(Cl)c(Cl)cc3[n+]2C)cc1OCc1ccccc1. The number of hydrogen-bond acceptors (Lipinski definition) is 4. The van der Waals surface area contributed by atoms with Gasteiger partial charge in [-0.3, -0.25) is 4.79 Å². The third kappa shape index (κ3) is 8.03. The molecule has 41 heavy (non-hydrogen) atoms. The summed E-state index contributed by atoms with van der Waals surface area (Å²) in [6, 6.07) is 19.8. The van der Waals surface area contributed by atoms with Gasteiger partial charge < -0.3 is 20.5 Å². The van der Waals surface area contributed by atoms with Crippen LogP contribution >= 0.6 is 23.2 Å². The summed E-state index contributed by atoms with van der Waals surface area (Å²) in [4.78, 5) is 11.9. The van der Waals surface area contributed by atoms with Gasteiger partial charge in [-0.2, -0.15) is 0 Å². The number of benzene rings is 3. The molecule has 4 aromatic rings. The monoisotopic (exact) mass is 595 g/mol. The molecule has 0 saturated carbocycles. The number of carbonyl (C=O) groups excluding carboxylic acids is 1. The van der Waals surface area contributed by atoms with Gasteiger partial charge in [-0.15, -0.1) is 0 Å². The van der Waals surface area contributed by atoms with Crippen molar-refractivity contribution >= 4 is 52.3 Å². The number of ether oxygens (including phenoxy) is 2. The number of fused-ring (bicyclic) bond motifs is 1. The number of hydrogen-bond donors (Lipinski definition) is 2. The summed E-state index contributed by atoms with van der Waals surface area (Å²) in [6.45, 7) is 2.18. The number of imidazole rings is 1. The second kappa shape index (κ2) is 14.9. The molecule has 9 heteroatoms. The molecule has 0 fully saturated rings. The molecule has 0 unspecified atom stereocenters.